The Kier molecular flexibility index (Phi) is 5.64. The minimum Gasteiger partial charge on any atom is -0.496 e. The van der Waals surface area contributed by atoms with E-state index in [-0.39, 0.29) is 6.10 Å². The van der Waals surface area contributed by atoms with Crippen molar-refractivity contribution in [3.63, 3.8) is 0 Å². The third-order valence-corrected chi connectivity index (χ3v) is 5.11. The van der Waals surface area contributed by atoms with Crippen LogP contribution in [0.15, 0.2) is 35.3 Å². The maximum absolute atomic E-state index is 5.88. The molecule has 1 atom stereocenters. The Hall–Kier alpha value is -3.09. The van der Waals surface area contributed by atoms with Crippen LogP contribution in [-0.4, -0.2) is 39.6 Å². The summed E-state index contributed by atoms with van der Waals surface area (Å²) in [5, 5.41) is 6.70. The molecule has 2 N–H and O–H groups in total. The summed E-state index contributed by atoms with van der Waals surface area (Å²) in [6.07, 6.45) is 1.98. The van der Waals surface area contributed by atoms with Crippen LogP contribution >= 0.6 is 0 Å². The fraction of sp³-hybridized carbons (Fsp3) is 0.409. The van der Waals surface area contributed by atoms with E-state index in [1.54, 1.807) is 14.2 Å². The van der Waals surface area contributed by atoms with E-state index < -0.39 is 0 Å². The lowest BCUT2D eigenvalue weighted by atomic mass is 10.1. The first kappa shape index (κ1) is 19.2. The van der Waals surface area contributed by atoms with Crippen LogP contribution in [0.5, 0.6) is 23.0 Å². The second-order valence-corrected chi connectivity index (χ2v) is 7.19. The van der Waals surface area contributed by atoms with Crippen LogP contribution in [0.3, 0.4) is 0 Å². The van der Waals surface area contributed by atoms with E-state index in [0.29, 0.717) is 13.3 Å². The van der Waals surface area contributed by atoms with E-state index in [1.165, 1.54) is 11.1 Å². The highest BCUT2D eigenvalue weighted by atomic mass is 16.7. The van der Waals surface area contributed by atoms with Gasteiger partial charge in [-0.25, -0.2) is 0 Å². The molecule has 7 nitrogen and oxygen atoms in total. The zero-order valence-corrected chi connectivity index (χ0v) is 17.1. The lowest BCUT2D eigenvalue weighted by Crippen LogP contribution is -2.37. The van der Waals surface area contributed by atoms with Gasteiger partial charge in [0.25, 0.3) is 0 Å². The number of aliphatic imine (C=N–C) groups is 1. The zero-order valence-electron chi connectivity index (χ0n) is 17.1. The van der Waals surface area contributed by atoms with E-state index in [9.17, 15) is 0 Å². The Morgan fingerprint density at radius 3 is 2.83 bits per heavy atom. The first-order valence-corrected chi connectivity index (χ1v) is 9.85. The van der Waals surface area contributed by atoms with Gasteiger partial charge in [-0.3, -0.25) is 4.99 Å². The molecule has 4 rings (SSSR count). The highest BCUT2D eigenvalue weighted by Crippen LogP contribution is 2.35. The Labute approximate surface area is 171 Å². The van der Waals surface area contributed by atoms with Crippen molar-refractivity contribution in [2.24, 2.45) is 4.99 Å². The molecule has 7 heteroatoms. The summed E-state index contributed by atoms with van der Waals surface area (Å²) in [6.45, 7) is 3.72. The van der Waals surface area contributed by atoms with Crippen LogP contribution < -0.4 is 29.6 Å². The first-order chi connectivity index (χ1) is 14.2. The molecule has 29 heavy (non-hydrogen) atoms. The number of fused-ring (bicyclic) bond motifs is 2. The van der Waals surface area contributed by atoms with Crippen molar-refractivity contribution in [2.45, 2.75) is 32.4 Å². The smallest absolute Gasteiger partial charge is 0.231 e. The quantitative estimate of drug-likeness (QED) is 0.577. The Morgan fingerprint density at radius 1 is 1.14 bits per heavy atom. The molecule has 0 bridgehead atoms. The SMILES string of the molecule is CN=C(NCCc1ccc2c(c1)OCO2)NCc1cc2c(cc1OC)CC(C)O2. The number of hydrogen-bond donors (Lipinski definition) is 2. The van der Waals surface area contributed by atoms with Gasteiger partial charge in [-0.2, -0.15) is 0 Å². The Morgan fingerprint density at radius 2 is 2.00 bits per heavy atom. The predicted octanol–water partition coefficient (Wildman–Crippen LogP) is 2.66. The Balaban J connectivity index is 1.31. The summed E-state index contributed by atoms with van der Waals surface area (Å²) < 4.78 is 22.2. The topological polar surface area (TPSA) is 73.3 Å². The van der Waals surface area contributed by atoms with Crippen LogP contribution in [0.4, 0.5) is 0 Å². The summed E-state index contributed by atoms with van der Waals surface area (Å²) in [5.74, 6) is 4.17. The molecule has 0 aliphatic carbocycles. The van der Waals surface area contributed by atoms with Gasteiger partial charge in [0.15, 0.2) is 17.5 Å². The van der Waals surface area contributed by atoms with Crippen LogP contribution in [0, 0.1) is 0 Å². The van der Waals surface area contributed by atoms with Gasteiger partial charge in [-0.05, 0) is 43.2 Å². The number of ether oxygens (including phenoxy) is 4. The van der Waals surface area contributed by atoms with Gasteiger partial charge in [0.1, 0.15) is 17.6 Å². The van der Waals surface area contributed by atoms with E-state index >= 15 is 0 Å². The molecule has 2 aliphatic heterocycles. The number of guanidine groups is 1. The third kappa shape index (κ3) is 4.34. The summed E-state index contributed by atoms with van der Waals surface area (Å²) in [7, 11) is 3.46. The van der Waals surface area contributed by atoms with E-state index in [0.717, 1.165) is 53.9 Å². The first-order valence-electron chi connectivity index (χ1n) is 9.85. The second-order valence-electron chi connectivity index (χ2n) is 7.19. The number of hydrogen-bond acceptors (Lipinski definition) is 5. The molecule has 0 saturated heterocycles. The van der Waals surface area contributed by atoms with Gasteiger partial charge >= 0.3 is 0 Å². The van der Waals surface area contributed by atoms with Crippen LogP contribution in [0.2, 0.25) is 0 Å². The van der Waals surface area contributed by atoms with Gasteiger partial charge in [0, 0.05) is 37.7 Å². The molecule has 2 aromatic rings. The van der Waals surface area contributed by atoms with Crippen molar-refractivity contribution in [1.82, 2.24) is 10.6 Å². The average molecular weight is 397 g/mol. The minimum absolute atomic E-state index is 0.212. The maximum Gasteiger partial charge on any atom is 0.231 e. The van der Waals surface area contributed by atoms with E-state index in [2.05, 4.69) is 40.7 Å². The monoisotopic (exact) mass is 397 g/mol. The number of nitrogens with zero attached hydrogens (tertiary/aromatic N) is 1. The number of benzene rings is 2. The minimum atomic E-state index is 0.212. The summed E-state index contributed by atoms with van der Waals surface area (Å²) in [4.78, 5) is 4.31. The lowest BCUT2D eigenvalue weighted by Gasteiger charge is -2.15. The molecule has 154 valence electrons. The molecule has 2 aromatic carbocycles. The van der Waals surface area contributed by atoms with Gasteiger partial charge in [0.2, 0.25) is 6.79 Å². The number of rotatable bonds is 6. The lowest BCUT2D eigenvalue weighted by molar-refractivity contribution is 0.174. The molecule has 0 spiro atoms. The second kappa shape index (κ2) is 8.51. The highest BCUT2D eigenvalue weighted by Gasteiger charge is 2.21. The fourth-order valence-electron chi connectivity index (χ4n) is 3.63. The molecule has 0 saturated carbocycles. The molecule has 1 unspecified atom stereocenters. The van der Waals surface area contributed by atoms with Crippen LogP contribution in [-0.2, 0) is 19.4 Å². The van der Waals surface area contributed by atoms with Crippen molar-refractivity contribution in [1.29, 1.82) is 0 Å². The molecule has 0 radical (unpaired) electrons. The number of nitrogens with one attached hydrogen (secondary N) is 2. The largest absolute Gasteiger partial charge is 0.496 e. The third-order valence-electron chi connectivity index (χ3n) is 5.11. The molecule has 2 aliphatic rings. The fourth-order valence-corrected chi connectivity index (χ4v) is 3.63. The summed E-state index contributed by atoms with van der Waals surface area (Å²) in [5.41, 5.74) is 3.42. The zero-order chi connectivity index (χ0) is 20.2. The van der Waals surface area contributed by atoms with Crippen molar-refractivity contribution in [3.8, 4) is 23.0 Å². The Bertz CT molecular complexity index is 913. The molecule has 2 heterocycles. The van der Waals surface area contributed by atoms with Crippen molar-refractivity contribution in [3.05, 3.63) is 47.0 Å². The summed E-state index contributed by atoms with van der Waals surface area (Å²) >= 11 is 0. The summed E-state index contributed by atoms with van der Waals surface area (Å²) in [6, 6.07) is 10.2. The molecular formula is C22H27N3O4. The standard InChI is InChI=1S/C22H27N3O4/c1-14-8-16-10-19(26-3)17(11-20(16)29-14)12-25-22(23-2)24-7-6-15-4-5-18-21(9-15)28-13-27-18/h4-5,9-11,14H,6-8,12-13H2,1-3H3,(H2,23,24,25). The molecule has 0 fully saturated rings. The van der Waals surface area contributed by atoms with Crippen molar-refractivity contribution in [2.75, 3.05) is 27.5 Å². The van der Waals surface area contributed by atoms with Gasteiger partial charge in [0.05, 0.1) is 7.11 Å². The predicted molar refractivity (Wildman–Crippen MR) is 111 cm³/mol. The maximum atomic E-state index is 5.88. The van der Waals surface area contributed by atoms with Crippen molar-refractivity contribution >= 4 is 5.96 Å². The molecular weight excluding hydrogens is 370 g/mol. The van der Waals surface area contributed by atoms with Gasteiger partial charge in [-0.1, -0.05) is 6.07 Å². The van der Waals surface area contributed by atoms with Gasteiger partial charge < -0.3 is 29.6 Å². The molecule has 0 aromatic heterocycles. The normalized spacial score (nSPS) is 16.9. The number of methoxy groups -OCH3 is 1. The van der Waals surface area contributed by atoms with Crippen LogP contribution in [0.25, 0.3) is 0 Å². The van der Waals surface area contributed by atoms with Crippen LogP contribution in [0.1, 0.15) is 23.6 Å². The van der Waals surface area contributed by atoms with Gasteiger partial charge in [-0.15, -0.1) is 0 Å². The van der Waals surface area contributed by atoms with Crippen molar-refractivity contribution < 1.29 is 18.9 Å². The highest BCUT2D eigenvalue weighted by molar-refractivity contribution is 5.79. The van der Waals surface area contributed by atoms with E-state index in [4.69, 9.17) is 18.9 Å². The van der Waals surface area contributed by atoms with E-state index in [1.807, 2.05) is 12.1 Å². The molecule has 0 amide bonds. The average Bonchev–Trinajstić information content (AvgIpc) is 3.34.